The topological polar surface area (TPSA) is 94.3 Å². The summed E-state index contributed by atoms with van der Waals surface area (Å²) < 4.78 is 0. The Morgan fingerprint density at radius 1 is 1.12 bits per heavy atom. The second-order valence-corrected chi connectivity index (χ2v) is 5.90. The Morgan fingerprint density at radius 2 is 1.96 bits per heavy atom. The number of benzene rings is 1. The van der Waals surface area contributed by atoms with Crippen molar-refractivity contribution in [1.29, 1.82) is 0 Å². The van der Waals surface area contributed by atoms with Gasteiger partial charge < -0.3 is 9.88 Å². The zero-order chi connectivity index (χ0) is 16.9. The number of rotatable bonds is 3. The lowest BCUT2D eigenvalue weighted by atomic mass is 10.2. The third kappa shape index (κ3) is 3.73. The number of hydrogen-bond donors (Lipinski definition) is 3. The fourth-order valence-electron chi connectivity index (χ4n) is 2.81. The average molecular weight is 328 g/mol. The molecule has 1 aromatic heterocycles. The first-order valence-electron chi connectivity index (χ1n) is 8.08. The fourth-order valence-corrected chi connectivity index (χ4v) is 2.81. The van der Waals surface area contributed by atoms with Gasteiger partial charge in [0.15, 0.2) is 0 Å². The van der Waals surface area contributed by atoms with Crippen LogP contribution in [-0.4, -0.2) is 40.7 Å². The predicted molar refractivity (Wildman–Crippen MR) is 89.0 cm³/mol. The first-order chi connectivity index (χ1) is 11.6. The minimum atomic E-state index is -0.429. The van der Waals surface area contributed by atoms with Gasteiger partial charge >= 0.3 is 0 Å². The molecule has 2 aromatic rings. The van der Waals surface area contributed by atoms with Crippen LogP contribution in [0.4, 0.5) is 0 Å². The van der Waals surface area contributed by atoms with Gasteiger partial charge in [0, 0.05) is 23.9 Å². The van der Waals surface area contributed by atoms with Crippen molar-refractivity contribution in [3.63, 3.8) is 0 Å². The largest absolute Gasteiger partial charge is 0.350 e. The summed E-state index contributed by atoms with van der Waals surface area (Å²) in [6, 6.07) is 9.25. The van der Waals surface area contributed by atoms with Crippen molar-refractivity contribution in [2.45, 2.75) is 25.7 Å². The minimum Gasteiger partial charge on any atom is -0.350 e. The summed E-state index contributed by atoms with van der Waals surface area (Å²) in [5.74, 6) is -0.846. The van der Waals surface area contributed by atoms with Gasteiger partial charge in [0.05, 0.1) is 0 Å². The lowest BCUT2D eigenvalue weighted by Gasteiger charge is -2.19. The van der Waals surface area contributed by atoms with Gasteiger partial charge in [-0.3, -0.25) is 25.2 Å². The van der Waals surface area contributed by atoms with Crippen molar-refractivity contribution in [1.82, 2.24) is 20.7 Å². The maximum Gasteiger partial charge on any atom is 0.286 e. The summed E-state index contributed by atoms with van der Waals surface area (Å²) in [6.07, 6.45) is 3.25. The van der Waals surface area contributed by atoms with Crippen molar-refractivity contribution in [3.05, 3.63) is 36.0 Å². The highest BCUT2D eigenvalue weighted by Crippen LogP contribution is 2.14. The summed E-state index contributed by atoms with van der Waals surface area (Å²) >= 11 is 0. The SMILES string of the molecule is O=C(CN1CCCCCC1=O)NNC(=O)c1cc2ccccc2[nH]1. The van der Waals surface area contributed by atoms with Crippen LogP contribution in [0.2, 0.25) is 0 Å². The molecular weight excluding hydrogens is 308 g/mol. The molecule has 1 saturated heterocycles. The van der Waals surface area contributed by atoms with Crippen LogP contribution in [-0.2, 0) is 9.59 Å². The smallest absolute Gasteiger partial charge is 0.286 e. The van der Waals surface area contributed by atoms with Crippen LogP contribution in [0.1, 0.15) is 36.2 Å². The first-order valence-corrected chi connectivity index (χ1v) is 8.08. The number of nitrogens with one attached hydrogen (secondary N) is 3. The van der Waals surface area contributed by atoms with Gasteiger partial charge in [-0.15, -0.1) is 0 Å². The van der Waals surface area contributed by atoms with Crippen molar-refractivity contribution in [2.24, 2.45) is 0 Å². The third-order valence-electron chi connectivity index (χ3n) is 4.10. The van der Waals surface area contributed by atoms with E-state index in [-0.39, 0.29) is 12.5 Å². The highest BCUT2D eigenvalue weighted by Gasteiger charge is 2.19. The highest BCUT2D eigenvalue weighted by molar-refractivity contribution is 5.98. The van der Waals surface area contributed by atoms with Crippen LogP contribution in [0.3, 0.4) is 0 Å². The van der Waals surface area contributed by atoms with Crippen LogP contribution in [0.5, 0.6) is 0 Å². The molecule has 0 saturated carbocycles. The Morgan fingerprint density at radius 3 is 2.79 bits per heavy atom. The molecule has 0 radical (unpaired) electrons. The molecule has 3 amide bonds. The molecule has 3 N–H and O–H groups in total. The molecule has 0 bridgehead atoms. The molecule has 1 aliphatic rings. The molecule has 3 rings (SSSR count). The zero-order valence-electron chi connectivity index (χ0n) is 13.3. The van der Waals surface area contributed by atoms with Gasteiger partial charge in [-0.25, -0.2) is 0 Å². The first kappa shape index (κ1) is 16.0. The summed E-state index contributed by atoms with van der Waals surface area (Å²) in [6.45, 7) is 0.550. The number of fused-ring (bicyclic) bond motifs is 1. The van der Waals surface area contributed by atoms with Crippen LogP contribution in [0, 0.1) is 0 Å². The van der Waals surface area contributed by atoms with Gasteiger partial charge in [-0.1, -0.05) is 24.6 Å². The number of aromatic nitrogens is 1. The molecule has 0 unspecified atom stereocenters. The second-order valence-electron chi connectivity index (χ2n) is 5.90. The van der Waals surface area contributed by atoms with E-state index in [1.54, 1.807) is 6.07 Å². The maximum absolute atomic E-state index is 12.1. The molecular formula is C17H20N4O3. The Kier molecular flexibility index (Phi) is 4.79. The van der Waals surface area contributed by atoms with Crippen LogP contribution in [0.15, 0.2) is 30.3 Å². The van der Waals surface area contributed by atoms with Crippen molar-refractivity contribution >= 4 is 28.6 Å². The van der Waals surface area contributed by atoms with Crippen molar-refractivity contribution in [3.8, 4) is 0 Å². The molecule has 1 fully saturated rings. The molecule has 1 aromatic carbocycles. The molecule has 0 atom stereocenters. The quantitative estimate of drug-likeness (QED) is 0.742. The Bertz CT molecular complexity index is 735. The number of hydrazine groups is 1. The van der Waals surface area contributed by atoms with E-state index in [4.69, 9.17) is 0 Å². The normalized spacial score (nSPS) is 15.2. The standard InChI is InChI=1S/C17H20N4O3/c22-15(11-21-9-5-1-2-8-16(21)23)19-20-17(24)14-10-12-6-3-4-7-13(12)18-14/h3-4,6-7,10,18H,1-2,5,8-9,11H2,(H,19,22)(H,20,24). The predicted octanol–water partition coefficient (Wildman–Crippen LogP) is 1.33. The molecule has 7 nitrogen and oxygen atoms in total. The Hall–Kier alpha value is -2.83. The lowest BCUT2D eigenvalue weighted by Crippen LogP contribution is -2.47. The molecule has 0 aliphatic carbocycles. The summed E-state index contributed by atoms with van der Waals surface area (Å²) in [7, 11) is 0. The fraction of sp³-hybridized carbons (Fsp3) is 0.353. The van der Waals surface area contributed by atoms with Gasteiger partial charge in [0.1, 0.15) is 12.2 Å². The molecule has 0 spiro atoms. The van der Waals surface area contributed by atoms with Gasteiger partial charge in [0.25, 0.3) is 11.8 Å². The monoisotopic (exact) mass is 328 g/mol. The van der Waals surface area contributed by atoms with E-state index in [0.29, 0.717) is 18.7 Å². The van der Waals surface area contributed by atoms with Crippen LogP contribution >= 0.6 is 0 Å². The average Bonchev–Trinajstić information content (AvgIpc) is 2.92. The molecule has 24 heavy (non-hydrogen) atoms. The van der Waals surface area contributed by atoms with Gasteiger partial charge in [0.2, 0.25) is 5.91 Å². The lowest BCUT2D eigenvalue weighted by molar-refractivity contribution is -0.135. The number of carbonyl (C=O) groups excluding carboxylic acids is 3. The van der Waals surface area contributed by atoms with Gasteiger partial charge in [-0.2, -0.15) is 0 Å². The number of likely N-dealkylation sites (tertiary alicyclic amines) is 1. The number of aromatic amines is 1. The van der Waals surface area contributed by atoms with E-state index in [1.165, 1.54) is 4.90 Å². The van der Waals surface area contributed by atoms with E-state index in [0.717, 1.165) is 30.2 Å². The highest BCUT2D eigenvalue weighted by atomic mass is 16.2. The number of H-pyrrole nitrogens is 1. The zero-order valence-corrected chi connectivity index (χ0v) is 13.3. The Labute approximate surface area is 139 Å². The van der Waals surface area contributed by atoms with E-state index >= 15 is 0 Å². The number of amides is 3. The van der Waals surface area contributed by atoms with E-state index in [9.17, 15) is 14.4 Å². The van der Waals surface area contributed by atoms with E-state index in [1.807, 2.05) is 24.3 Å². The van der Waals surface area contributed by atoms with E-state index in [2.05, 4.69) is 15.8 Å². The minimum absolute atomic E-state index is 0.00964. The molecule has 7 heteroatoms. The number of para-hydroxylation sites is 1. The van der Waals surface area contributed by atoms with Crippen molar-refractivity contribution < 1.29 is 14.4 Å². The van der Waals surface area contributed by atoms with E-state index < -0.39 is 11.8 Å². The summed E-state index contributed by atoms with van der Waals surface area (Å²) in [5.41, 5.74) is 5.95. The molecule has 2 heterocycles. The molecule has 1 aliphatic heterocycles. The maximum atomic E-state index is 12.1. The number of hydrogen-bond acceptors (Lipinski definition) is 3. The second kappa shape index (κ2) is 7.16. The molecule has 126 valence electrons. The number of carbonyl (C=O) groups is 3. The van der Waals surface area contributed by atoms with Crippen LogP contribution in [0.25, 0.3) is 10.9 Å². The Balaban J connectivity index is 1.53. The van der Waals surface area contributed by atoms with Crippen molar-refractivity contribution in [2.75, 3.05) is 13.1 Å². The third-order valence-corrected chi connectivity index (χ3v) is 4.10. The van der Waals surface area contributed by atoms with Gasteiger partial charge in [-0.05, 0) is 25.0 Å². The number of nitrogens with zero attached hydrogens (tertiary/aromatic N) is 1. The summed E-state index contributed by atoms with van der Waals surface area (Å²) in [5, 5.41) is 0.920. The summed E-state index contributed by atoms with van der Waals surface area (Å²) in [4.78, 5) is 40.4. The van der Waals surface area contributed by atoms with Crippen LogP contribution < -0.4 is 10.9 Å².